The molecule has 0 saturated heterocycles. The van der Waals surface area contributed by atoms with Crippen LogP contribution in [0, 0.1) is 5.82 Å². The summed E-state index contributed by atoms with van der Waals surface area (Å²) in [5.41, 5.74) is 5.40. The van der Waals surface area contributed by atoms with Crippen LogP contribution < -0.4 is 10.6 Å². The minimum atomic E-state index is -1.23. The van der Waals surface area contributed by atoms with E-state index in [1.165, 1.54) is 12.1 Å². The molecule has 0 bridgehead atoms. The van der Waals surface area contributed by atoms with Gasteiger partial charge in [-0.25, -0.2) is 9.18 Å². The summed E-state index contributed by atoms with van der Waals surface area (Å²) in [7, 11) is 0. The Hall–Kier alpha value is -1.82. The van der Waals surface area contributed by atoms with E-state index in [2.05, 4.69) is 0 Å². The topological polar surface area (TPSA) is 75.8 Å². The Morgan fingerprint density at radius 2 is 2.16 bits per heavy atom. The third-order valence-electron chi connectivity index (χ3n) is 2.82. The summed E-state index contributed by atoms with van der Waals surface area (Å²) in [5, 5.41) is 9.18. The summed E-state index contributed by atoms with van der Waals surface area (Å²) >= 11 is 0. The van der Waals surface area contributed by atoms with E-state index in [9.17, 15) is 14.3 Å². The molecule has 1 aromatic rings. The Kier molecular flexibility index (Phi) is 5.57. The SMILES string of the molecule is CCOCCN(CC)c1ccc(F)c(N)c1C(=O)O. The number of carbonyl (C=O) groups is 1. The maximum Gasteiger partial charge on any atom is 0.340 e. The van der Waals surface area contributed by atoms with Crippen molar-refractivity contribution < 1.29 is 19.0 Å². The highest BCUT2D eigenvalue weighted by molar-refractivity contribution is 6.00. The Balaban J connectivity index is 3.09. The second-order valence-electron chi connectivity index (χ2n) is 3.94. The molecule has 0 aromatic heterocycles. The molecule has 0 aliphatic carbocycles. The predicted molar refractivity (Wildman–Crippen MR) is 72.2 cm³/mol. The van der Waals surface area contributed by atoms with Crippen LogP contribution in [0.25, 0.3) is 0 Å². The lowest BCUT2D eigenvalue weighted by Crippen LogP contribution is -2.29. The number of likely N-dealkylation sites (N-methyl/N-ethyl adjacent to an activating group) is 1. The van der Waals surface area contributed by atoms with Crippen molar-refractivity contribution >= 4 is 17.3 Å². The zero-order valence-corrected chi connectivity index (χ0v) is 11.1. The average molecular weight is 270 g/mol. The van der Waals surface area contributed by atoms with Crippen molar-refractivity contribution in [1.82, 2.24) is 0 Å². The second kappa shape index (κ2) is 6.94. The van der Waals surface area contributed by atoms with Gasteiger partial charge in [0.05, 0.1) is 18.0 Å². The third kappa shape index (κ3) is 3.57. The quantitative estimate of drug-likeness (QED) is 0.585. The molecule has 0 aliphatic rings. The molecule has 6 heteroatoms. The van der Waals surface area contributed by atoms with Gasteiger partial charge in [-0.1, -0.05) is 0 Å². The second-order valence-corrected chi connectivity index (χ2v) is 3.94. The number of carboxylic acids is 1. The van der Waals surface area contributed by atoms with Gasteiger partial charge in [-0.15, -0.1) is 0 Å². The number of ether oxygens (including phenoxy) is 1. The number of nitrogens with two attached hydrogens (primary N) is 1. The Bertz CT molecular complexity index is 452. The van der Waals surface area contributed by atoms with Gasteiger partial charge >= 0.3 is 5.97 Å². The highest BCUT2D eigenvalue weighted by Gasteiger charge is 2.20. The van der Waals surface area contributed by atoms with E-state index in [4.69, 9.17) is 10.5 Å². The molecule has 0 amide bonds. The van der Waals surface area contributed by atoms with E-state index >= 15 is 0 Å². The molecular formula is C13H19FN2O3. The van der Waals surface area contributed by atoms with E-state index in [0.717, 1.165) is 0 Å². The van der Waals surface area contributed by atoms with Crippen molar-refractivity contribution in [3.63, 3.8) is 0 Å². The highest BCUT2D eigenvalue weighted by atomic mass is 19.1. The number of hydrogen-bond donors (Lipinski definition) is 2. The predicted octanol–water partition coefficient (Wildman–Crippen LogP) is 1.97. The van der Waals surface area contributed by atoms with E-state index in [-0.39, 0.29) is 11.3 Å². The van der Waals surface area contributed by atoms with Gasteiger partial charge < -0.3 is 20.5 Å². The summed E-state index contributed by atoms with van der Waals surface area (Å²) in [6, 6.07) is 2.62. The molecule has 0 spiro atoms. The molecule has 0 radical (unpaired) electrons. The van der Waals surface area contributed by atoms with Crippen LogP contribution in [-0.2, 0) is 4.74 Å². The Morgan fingerprint density at radius 1 is 1.47 bits per heavy atom. The Labute approximate surface area is 111 Å². The fraction of sp³-hybridized carbons (Fsp3) is 0.462. The summed E-state index contributed by atoms with van der Waals surface area (Å²) in [4.78, 5) is 13.0. The van der Waals surface area contributed by atoms with Gasteiger partial charge in [0.2, 0.25) is 0 Å². The number of aromatic carboxylic acids is 1. The number of benzene rings is 1. The lowest BCUT2D eigenvalue weighted by atomic mass is 10.1. The molecule has 0 atom stereocenters. The van der Waals surface area contributed by atoms with Crippen LogP contribution in [0.4, 0.5) is 15.8 Å². The first-order valence-electron chi connectivity index (χ1n) is 6.16. The lowest BCUT2D eigenvalue weighted by molar-refractivity contribution is 0.0698. The Morgan fingerprint density at radius 3 is 2.68 bits per heavy atom. The van der Waals surface area contributed by atoms with E-state index in [1.807, 2.05) is 13.8 Å². The minimum Gasteiger partial charge on any atom is -0.478 e. The summed E-state index contributed by atoms with van der Waals surface area (Å²) in [6.07, 6.45) is 0. The molecule has 0 aliphatic heterocycles. The van der Waals surface area contributed by atoms with Crippen molar-refractivity contribution in [3.8, 4) is 0 Å². The highest BCUT2D eigenvalue weighted by Crippen LogP contribution is 2.28. The van der Waals surface area contributed by atoms with Crippen LogP contribution >= 0.6 is 0 Å². The van der Waals surface area contributed by atoms with Crippen LogP contribution in [0.2, 0.25) is 0 Å². The molecular weight excluding hydrogens is 251 g/mol. The smallest absolute Gasteiger partial charge is 0.340 e. The van der Waals surface area contributed by atoms with Crippen LogP contribution in [-0.4, -0.2) is 37.4 Å². The fourth-order valence-corrected chi connectivity index (χ4v) is 1.84. The van der Waals surface area contributed by atoms with Crippen LogP contribution in [0.5, 0.6) is 0 Å². The number of halogens is 1. The lowest BCUT2D eigenvalue weighted by Gasteiger charge is -2.25. The van der Waals surface area contributed by atoms with Crippen LogP contribution in [0.1, 0.15) is 24.2 Å². The number of hydrogen-bond acceptors (Lipinski definition) is 4. The number of carboxylic acid groups (broad SMARTS) is 1. The zero-order valence-electron chi connectivity index (χ0n) is 11.1. The molecule has 5 nitrogen and oxygen atoms in total. The van der Waals surface area contributed by atoms with Gasteiger partial charge in [0.25, 0.3) is 0 Å². The van der Waals surface area contributed by atoms with E-state index in [1.54, 1.807) is 4.90 Å². The van der Waals surface area contributed by atoms with Gasteiger partial charge in [0.1, 0.15) is 11.4 Å². The van der Waals surface area contributed by atoms with E-state index in [0.29, 0.717) is 32.0 Å². The van der Waals surface area contributed by atoms with Crippen molar-refractivity contribution in [2.45, 2.75) is 13.8 Å². The number of nitrogen functional groups attached to an aromatic ring is 1. The molecule has 0 fully saturated rings. The van der Waals surface area contributed by atoms with Crippen molar-refractivity contribution in [1.29, 1.82) is 0 Å². The fourth-order valence-electron chi connectivity index (χ4n) is 1.84. The van der Waals surface area contributed by atoms with Gasteiger partial charge in [-0.3, -0.25) is 0 Å². The first-order valence-corrected chi connectivity index (χ1v) is 6.16. The number of rotatable bonds is 7. The molecule has 19 heavy (non-hydrogen) atoms. The van der Waals surface area contributed by atoms with Gasteiger partial charge in [0, 0.05) is 19.7 Å². The number of nitrogens with zero attached hydrogens (tertiary/aromatic N) is 1. The molecule has 106 valence electrons. The monoisotopic (exact) mass is 270 g/mol. The molecule has 0 saturated carbocycles. The minimum absolute atomic E-state index is 0.196. The maximum absolute atomic E-state index is 13.4. The van der Waals surface area contributed by atoms with Gasteiger partial charge in [-0.2, -0.15) is 0 Å². The van der Waals surface area contributed by atoms with Gasteiger partial charge in [-0.05, 0) is 26.0 Å². The maximum atomic E-state index is 13.4. The van der Waals surface area contributed by atoms with Crippen molar-refractivity contribution in [2.24, 2.45) is 0 Å². The molecule has 1 aromatic carbocycles. The van der Waals surface area contributed by atoms with Crippen LogP contribution in [0.3, 0.4) is 0 Å². The zero-order chi connectivity index (χ0) is 14.4. The normalized spacial score (nSPS) is 10.5. The average Bonchev–Trinajstić information content (AvgIpc) is 2.38. The summed E-state index contributed by atoms with van der Waals surface area (Å²) in [6.45, 7) is 5.94. The molecule has 0 heterocycles. The van der Waals surface area contributed by atoms with Crippen molar-refractivity contribution in [2.75, 3.05) is 36.9 Å². The molecule has 3 N–H and O–H groups in total. The molecule has 1 rings (SSSR count). The largest absolute Gasteiger partial charge is 0.478 e. The van der Waals surface area contributed by atoms with Crippen molar-refractivity contribution in [3.05, 3.63) is 23.5 Å². The first kappa shape index (κ1) is 15.2. The third-order valence-corrected chi connectivity index (χ3v) is 2.82. The van der Waals surface area contributed by atoms with Gasteiger partial charge in [0.15, 0.2) is 0 Å². The summed E-state index contributed by atoms with van der Waals surface area (Å²) < 4.78 is 18.6. The molecule has 0 unspecified atom stereocenters. The number of anilines is 2. The summed E-state index contributed by atoms with van der Waals surface area (Å²) in [5.74, 6) is -1.95. The first-order chi connectivity index (χ1) is 9.02. The standard InChI is InChI=1S/C13H19FN2O3/c1-3-16(7-8-19-4-2)10-6-5-9(14)12(15)11(10)13(17)18/h5-6H,3-4,7-8,15H2,1-2H3,(H,17,18). The van der Waals surface area contributed by atoms with E-state index < -0.39 is 11.8 Å². The van der Waals surface area contributed by atoms with Crippen LogP contribution in [0.15, 0.2) is 12.1 Å².